The number of hydrogen-bond donors (Lipinski definition) is 1. The summed E-state index contributed by atoms with van der Waals surface area (Å²) < 4.78 is 5.49. The van der Waals surface area contributed by atoms with Gasteiger partial charge in [-0.05, 0) is 57.3 Å². The van der Waals surface area contributed by atoms with Gasteiger partial charge in [-0.15, -0.1) is 0 Å². The number of benzene rings is 2. The number of hydrogen-bond acceptors (Lipinski definition) is 8. The highest BCUT2D eigenvalue weighted by molar-refractivity contribution is 7.81. The number of piperidine rings is 1. The Morgan fingerprint density at radius 1 is 1.05 bits per heavy atom. The summed E-state index contributed by atoms with van der Waals surface area (Å²) in [4.78, 5) is 30.5. The molecule has 0 aliphatic carbocycles. The van der Waals surface area contributed by atoms with Gasteiger partial charge in [-0.25, -0.2) is 0 Å². The molecule has 2 aromatic carbocycles. The maximum absolute atomic E-state index is 12.1. The lowest BCUT2D eigenvalue weighted by Gasteiger charge is -2.42. The molecule has 1 aromatic heterocycles. The van der Waals surface area contributed by atoms with Crippen molar-refractivity contribution in [1.29, 1.82) is 0 Å². The summed E-state index contributed by atoms with van der Waals surface area (Å²) in [6, 6.07) is 15.5. The number of methoxy groups -OCH3 is 1. The third kappa shape index (κ3) is 7.81. The fourth-order valence-corrected chi connectivity index (χ4v) is 6.61. The van der Waals surface area contributed by atoms with Crippen molar-refractivity contribution in [2.24, 2.45) is 0 Å². The van der Waals surface area contributed by atoms with E-state index in [0.29, 0.717) is 30.9 Å². The summed E-state index contributed by atoms with van der Waals surface area (Å²) in [6.07, 6.45) is 4.87. The van der Waals surface area contributed by atoms with Crippen LogP contribution in [-0.2, 0) is 17.8 Å². The second kappa shape index (κ2) is 15.4. The van der Waals surface area contributed by atoms with Crippen LogP contribution < -0.4 is 14.5 Å². The molecule has 0 saturated carbocycles. The van der Waals surface area contributed by atoms with Crippen LogP contribution in [0.2, 0.25) is 0 Å². The number of fused-ring (bicyclic) bond motifs is 2. The topological polar surface area (TPSA) is 65.0 Å². The van der Waals surface area contributed by atoms with E-state index in [1.165, 1.54) is 54.0 Å². The summed E-state index contributed by atoms with van der Waals surface area (Å²) in [7, 11) is 3.77. The quantitative estimate of drug-likeness (QED) is 0.313. The van der Waals surface area contributed by atoms with Gasteiger partial charge < -0.3 is 24.3 Å². The molecule has 3 aliphatic rings. The van der Waals surface area contributed by atoms with E-state index >= 15 is 0 Å². The molecule has 6 rings (SSSR count). The summed E-state index contributed by atoms with van der Waals surface area (Å²) >= 11 is 4.38. The molecule has 3 aromatic rings. The molecule has 0 spiro atoms. The molecule has 0 radical (unpaired) electrons. The molecule has 9 heteroatoms. The molecule has 1 amide bonds. The lowest BCUT2D eigenvalue weighted by Crippen LogP contribution is -2.54. The number of carbonyl (C=O) groups is 1. The zero-order valence-electron chi connectivity index (χ0n) is 26.5. The number of thiol groups is 1. The number of piperazine rings is 1. The molecular weight excluding hydrogens is 556 g/mol. The average Bonchev–Trinajstić information content (AvgIpc) is 3.04. The highest BCUT2D eigenvalue weighted by atomic mass is 32.1. The first-order chi connectivity index (χ1) is 20.9. The highest BCUT2D eigenvalue weighted by Crippen LogP contribution is 2.35. The van der Waals surface area contributed by atoms with Crippen molar-refractivity contribution in [3.63, 3.8) is 0 Å². The van der Waals surface area contributed by atoms with Crippen LogP contribution in [-0.4, -0.2) is 90.4 Å². The lowest BCUT2D eigenvalue weighted by molar-refractivity contribution is -0.126. The van der Waals surface area contributed by atoms with Gasteiger partial charge >= 0.3 is 6.01 Å². The standard InChI is InChI=1S/C26H29N5O2.C6H13NS.C2H6/c1-4-24(32)30-14-15-31(18(2)16-30)25-21-12-13-29(17-22(21)27-26(28-25)33-3)23-11-7-9-19-8-5-6-10-20(19)23;1-7-4-2-3-6(8)5-7;1-2/h4-11,18H,1,12-17H2,2-3H3;6,8H,2-5H2,1H3;1-2H3. The lowest BCUT2D eigenvalue weighted by atomic mass is 10.0. The Balaban J connectivity index is 0.000000364. The monoisotopic (exact) mass is 604 g/mol. The zero-order chi connectivity index (χ0) is 30.9. The molecule has 2 fully saturated rings. The van der Waals surface area contributed by atoms with Crippen molar-refractivity contribution < 1.29 is 9.53 Å². The molecule has 232 valence electrons. The molecule has 4 heterocycles. The Morgan fingerprint density at radius 3 is 2.49 bits per heavy atom. The number of amides is 1. The van der Waals surface area contributed by atoms with Crippen LogP contribution in [0.25, 0.3) is 10.8 Å². The van der Waals surface area contributed by atoms with E-state index < -0.39 is 0 Å². The molecule has 2 unspecified atom stereocenters. The van der Waals surface area contributed by atoms with Crippen molar-refractivity contribution >= 4 is 40.8 Å². The largest absolute Gasteiger partial charge is 0.467 e. The van der Waals surface area contributed by atoms with Gasteiger partial charge in [-0.1, -0.05) is 56.8 Å². The minimum absolute atomic E-state index is 0.0190. The summed E-state index contributed by atoms with van der Waals surface area (Å²) in [5.41, 5.74) is 3.42. The second-order valence-electron chi connectivity index (χ2n) is 11.2. The Morgan fingerprint density at radius 2 is 1.81 bits per heavy atom. The van der Waals surface area contributed by atoms with Gasteiger partial charge in [0, 0.05) is 60.7 Å². The summed E-state index contributed by atoms with van der Waals surface area (Å²) in [6.45, 7) is 15.8. The average molecular weight is 605 g/mol. The minimum atomic E-state index is -0.0190. The van der Waals surface area contributed by atoms with Gasteiger partial charge in [0.25, 0.3) is 0 Å². The van der Waals surface area contributed by atoms with E-state index in [0.717, 1.165) is 31.0 Å². The number of rotatable bonds is 4. The summed E-state index contributed by atoms with van der Waals surface area (Å²) in [5, 5.41) is 3.12. The van der Waals surface area contributed by atoms with Crippen molar-refractivity contribution in [3.8, 4) is 6.01 Å². The number of nitrogens with zero attached hydrogens (tertiary/aromatic N) is 6. The van der Waals surface area contributed by atoms with E-state index in [2.05, 4.69) is 90.3 Å². The van der Waals surface area contributed by atoms with Gasteiger partial charge in [0.2, 0.25) is 5.91 Å². The Hall–Kier alpha value is -3.30. The van der Waals surface area contributed by atoms with Crippen molar-refractivity contribution in [2.75, 3.05) is 63.2 Å². The number of anilines is 2. The molecule has 43 heavy (non-hydrogen) atoms. The summed E-state index contributed by atoms with van der Waals surface area (Å²) in [5.74, 6) is 0.919. The molecular formula is C34H48N6O2S. The molecule has 8 nitrogen and oxygen atoms in total. The van der Waals surface area contributed by atoms with E-state index in [1.54, 1.807) is 7.11 Å². The number of aromatic nitrogens is 2. The first-order valence-corrected chi connectivity index (χ1v) is 16.1. The fourth-order valence-electron chi connectivity index (χ4n) is 6.15. The number of likely N-dealkylation sites (tertiary alicyclic amines) is 1. The maximum atomic E-state index is 12.1. The van der Waals surface area contributed by atoms with E-state index in [1.807, 2.05) is 18.7 Å². The zero-order valence-corrected chi connectivity index (χ0v) is 27.4. The van der Waals surface area contributed by atoms with E-state index in [-0.39, 0.29) is 11.9 Å². The van der Waals surface area contributed by atoms with Crippen LogP contribution >= 0.6 is 12.6 Å². The van der Waals surface area contributed by atoms with Crippen LogP contribution in [0.5, 0.6) is 6.01 Å². The van der Waals surface area contributed by atoms with E-state index in [9.17, 15) is 4.79 Å². The molecule has 2 saturated heterocycles. The van der Waals surface area contributed by atoms with Crippen LogP contribution in [0.3, 0.4) is 0 Å². The van der Waals surface area contributed by atoms with Crippen LogP contribution in [0.4, 0.5) is 11.5 Å². The fraction of sp³-hybridized carbons (Fsp3) is 0.500. The number of ether oxygens (including phenoxy) is 1. The third-order valence-corrected chi connectivity index (χ3v) is 8.72. The SMILES string of the molecule is C=CC(=O)N1CCN(c2nc(OC)nc3c2CCN(c2cccc4ccccc24)C3)C(C)C1.CC.CN1CCCC(S)C1. The first kappa shape index (κ1) is 32.6. The Labute approximate surface area is 263 Å². The molecule has 0 N–H and O–H groups in total. The first-order valence-electron chi connectivity index (χ1n) is 15.6. The second-order valence-corrected chi connectivity index (χ2v) is 11.9. The Kier molecular flexibility index (Phi) is 11.7. The molecule has 0 bridgehead atoms. The molecule has 3 aliphatic heterocycles. The maximum Gasteiger partial charge on any atom is 0.318 e. The van der Waals surface area contributed by atoms with Crippen LogP contribution in [0, 0.1) is 0 Å². The normalized spacial score (nSPS) is 20.3. The van der Waals surface area contributed by atoms with Gasteiger partial charge in [0.1, 0.15) is 5.82 Å². The highest BCUT2D eigenvalue weighted by Gasteiger charge is 2.32. The number of carbonyl (C=O) groups excluding carboxylic acids is 1. The van der Waals surface area contributed by atoms with Crippen molar-refractivity contribution in [2.45, 2.75) is 57.9 Å². The minimum Gasteiger partial charge on any atom is -0.467 e. The smallest absolute Gasteiger partial charge is 0.318 e. The van der Waals surface area contributed by atoms with Crippen LogP contribution in [0.1, 0.15) is 44.9 Å². The van der Waals surface area contributed by atoms with Gasteiger partial charge in [-0.3, -0.25) is 4.79 Å². The molecule has 2 atom stereocenters. The van der Waals surface area contributed by atoms with E-state index in [4.69, 9.17) is 14.7 Å². The third-order valence-electron chi connectivity index (χ3n) is 8.30. The van der Waals surface area contributed by atoms with Gasteiger partial charge in [-0.2, -0.15) is 22.6 Å². The van der Waals surface area contributed by atoms with Gasteiger partial charge in [0.05, 0.1) is 19.3 Å². The van der Waals surface area contributed by atoms with Gasteiger partial charge in [0.15, 0.2) is 0 Å². The predicted molar refractivity (Wildman–Crippen MR) is 182 cm³/mol. The van der Waals surface area contributed by atoms with Crippen LogP contribution in [0.15, 0.2) is 55.1 Å². The predicted octanol–water partition coefficient (Wildman–Crippen LogP) is 5.46. The Bertz CT molecular complexity index is 1370. The van der Waals surface area contributed by atoms with Crippen molar-refractivity contribution in [3.05, 3.63) is 66.4 Å². The van der Waals surface area contributed by atoms with Crippen molar-refractivity contribution in [1.82, 2.24) is 19.8 Å².